The van der Waals surface area contributed by atoms with E-state index in [1.54, 1.807) is 6.20 Å². The van der Waals surface area contributed by atoms with Crippen molar-refractivity contribution in [1.82, 2.24) is 30.7 Å². The molecular weight excluding hydrogens is 242 g/mol. The molecule has 0 radical (unpaired) electrons. The first-order valence-electron chi connectivity index (χ1n) is 6.81. The number of aromatic amines is 2. The molecule has 0 saturated carbocycles. The summed E-state index contributed by atoms with van der Waals surface area (Å²) >= 11 is 0. The second-order valence-corrected chi connectivity index (χ2v) is 5.28. The highest BCUT2D eigenvalue weighted by Gasteiger charge is 2.36. The van der Waals surface area contributed by atoms with Gasteiger partial charge in [-0.25, -0.2) is 0 Å². The molecule has 0 aliphatic carbocycles. The zero-order valence-corrected chi connectivity index (χ0v) is 10.6. The van der Waals surface area contributed by atoms with Gasteiger partial charge in [0, 0.05) is 31.9 Å². The van der Waals surface area contributed by atoms with E-state index in [2.05, 4.69) is 35.6 Å². The fraction of sp³-hybridized carbons (Fsp3) is 0.583. The van der Waals surface area contributed by atoms with Gasteiger partial charge in [-0.05, 0) is 24.8 Å². The molecule has 4 heterocycles. The summed E-state index contributed by atoms with van der Waals surface area (Å²) in [6.07, 6.45) is 4.25. The summed E-state index contributed by atoms with van der Waals surface area (Å²) in [5.41, 5.74) is 0.872. The van der Waals surface area contributed by atoms with E-state index in [1.165, 1.54) is 12.8 Å². The largest absolute Gasteiger partial charge is 0.335 e. The highest BCUT2D eigenvalue weighted by Crippen LogP contribution is 2.29. The molecule has 2 unspecified atom stereocenters. The van der Waals surface area contributed by atoms with Gasteiger partial charge in [-0.3, -0.25) is 10.2 Å². The summed E-state index contributed by atoms with van der Waals surface area (Å²) in [4.78, 5) is 6.93. The van der Waals surface area contributed by atoms with Gasteiger partial charge in [0.1, 0.15) is 5.69 Å². The molecule has 2 fully saturated rings. The van der Waals surface area contributed by atoms with Gasteiger partial charge < -0.3 is 10.2 Å². The number of nitrogens with zero attached hydrogens (tertiary/aromatic N) is 4. The number of H-pyrrole nitrogens is 2. The summed E-state index contributed by atoms with van der Waals surface area (Å²) < 4.78 is 0. The van der Waals surface area contributed by atoms with Crippen molar-refractivity contribution in [3.05, 3.63) is 12.3 Å². The first kappa shape index (κ1) is 11.0. The van der Waals surface area contributed by atoms with Crippen molar-refractivity contribution in [1.29, 1.82) is 0 Å². The molecule has 2 aliphatic heterocycles. The predicted octanol–water partition coefficient (Wildman–Crippen LogP) is 0.383. The lowest BCUT2D eigenvalue weighted by molar-refractivity contribution is 0.381. The van der Waals surface area contributed by atoms with E-state index in [0.29, 0.717) is 6.04 Å². The van der Waals surface area contributed by atoms with Crippen molar-refractivity contribution in [3.63, 3.8) is 0 Å². The van der Waals surface area contributed by atoms with E-state index in [-0.39, 0.29) is 0 Å². The monoisotopic (exact) mass is 259 g/mol. The second kappa shape index (κ2) is 4.34. The van der Waals surface area contributed by atoms with Crippen LogP contribution in [0.1, 0.15) is 12.8 Å². The lowest BCUT2D eigenvalue weighted by Crippen LogP contribution is -2.45. The molecule has 4 rings (SSSR count). The Morgan fingerprint density at radius 2 is 2.26 bits per heavy atom. The Morgan fingerprint density at radius 1 is 1.26 bits per heavy atom. The maximum absolute atomic E-state index is 4.60. The third kappa shape index (κ3) is 1.81. The maximum atomic E-state index is 4.60. The highest BCUT2D eigenvalue weighted by atomic mass is 15.4. The summed E-state index contributed by atoms with van der Waals surface area (Å²) in [6.45, 7) is 3.21. The van der Waals surface area contributed by atoms with Crippen LogP contribution in [0.25, 0.3) is 11.5 Å². The van der Waals surface area contributed by atoms with E-state index in [0.717, 1.165) is 43.0 Å². The van der Waals surface area contributed by atoms with E-state index < -0.39 is 0 Å². The molecule has 2 aromatic rings. The van der Waals surface area contributed by atoms with E-state index in [1.807, 2.05) is 6.07 Å². The van der Waals surface area contributed by atoms with Crippen LogP contribution in [0.2, 0.25) is 0 Å². The number of nitrogens with one attached hydrogen (secondary N) is 3. The van der Waals surface area contributed by atoms with Crippen LogP contribution in [0.5, 0.6) is 0 Å². The molecule has 0 amide bonds. The Hall–Kier alpha value is -1.89. The fourth-order valence-electron chi connectivity index (χ4n) is 3.21. The van der Waals surface area contributed by atoms with Crippen LogP contribution in [0.4, 0.5) is 5.95 Å². The van der Waals surface area contributed by atoms with Crippen LogP contribution in [-0.2, 0) is 0 Å². The van der Waals surface area contributed by atoms with Crippen molar-refractivity contribution in [2.24, 2.45) is 5.92 Å². The summed E-state index contributed by atoms with van der Waals surface area (Å²) in [5.74, 6) is 2.30. The Morgan fingerprint density at radius 3 is 3.16 bits per heavy atom. The minimum Gasteiger partial charge on any atom is -0.335 e. The third-order valence-electron chi connectivity index (χ3n) is 4.16. The van der Waals surface area contributed by atoms with Crippen LogP contribution >= 0.6 is 0 Å². The Labute approximate surface area is 110 Å². The highest BCUT2D eigenvalue weighted by molar-refractivity contribution is 5.50. The van der Waals surface area contributed by atoms with Crippen LogP contribution < -0.4 is 10.2 Å². The van der Waals surface area contributed by atoms with Crippen molar-refractivity contribution in [2.45, 2.75) is 18.9 Å². The first-order chi connectivity index (χ1) is 9.42. The molecule has 7 nitrogen and oxygen atoms in total. The van der Waals surface area contributed by atoms with E-state index >= 15 is 0 Å². The molecule has 0 spiro atoms. The minimum absolute atomic E-state index is 0.541. The summed E-state index contributed by atoms with van der Waals surface area (Å²) in [7, 11) is 0. The molecule has 19 heavy (non-hydrogen) atoms. The number of piperidine rings is 1. The zero-order valence-electron chi connectivity index (χ0n) is 10.6. The zero-order chi connectivity index (χ0) is 12.7. The quantitative estimate of drug-likeness (QED) is 0.726. The number of anilines is 1. The smallest absolute Gasteiger partial charge is 0.245 e. The van der Waals surface area contributed by atoms with Gasteiger partial charge in [-0.1, -0.05) is 0 Å². The number of rotatable bonds is 2. The van der Waals surface area contributed by atoms with Gasteiger partial charge in [0.05, 0.1) is 0 Å². The standard InChI is InChI=1S/C12H17N7/c1-2-8-6-13-7-10(8)19(5-1)12-15-11(17-18-12)9-3-4-14-16-9/h3-4,8,10,13H,1-2,5-7H2,(H,14,16)(H,15,17,18). The van der Waals surface area contributed by atoms with Gasteiger partial charge in [-0.2, -0.15) is 10.1 Å². The predicted molar refractivity (Wildman–Crippen MR) is 70.7 cm³/mol. The van der Waals surface area contributed by atoms with Crippen molar-refractivity contribution >= 4 is 5.95 Å². The molecule has 0 aromatic carbocycles. The number of hydrogen-bond acceptors (Lipinski definition) is 5. The minimum atomic E-state index is 0.541. The topological polar surface area (TPSA) is 85.5 Å². The van der Waals surface area contributed by atoms with Gasteiger partial charge in [-0.15, -0.1) is 5.10 Å². The molecule has 3 N–H and O–H groups in total. The lowest BCUT2D eigenvalue weighted by Gasteiger charge is -2.36. The Bertz CT molecular complexity index is 546. The molecule has 2 atom stereocenters. The maximum Gasteiger partial charge on any atom is 0.245 e. The van der Waals surface area contributed by atoms with Crippen LogP contribution in [-0.4, -0.2) is 51.1 Å². The SMILES string of the molecule is c1cc(-c2nc(N3CCCC4CNCC43)n[nH]2)[nH]n1. The second-order valence-electron chi connectivity index (χ2n) is 5.28. The van der Waals surface area contributed by atoms with Crippen molar-refractivity contribution in [2.75, 3.05) is 24.5 Å². The molecule has 2 aliphatic rings. The van der Waals surface area contributed by atoms with Crippen LogP contribution in [0, 0.1) is 5.92 Å². The first-order valence-corrected chi connectivity index (χ1v) is 6.81. The van der Waals surface area contributed by atoms with Gasteiger partial charge in [0.15, 0.2) is 5.82 Å². The molecular formula is C12H17N7. The average molecular weight is 259 g/mol. The molecule has 100 valence electrons. The van der Waals surface area contributed by atoms with Gasteiger partial charge in [0.2, 0.25) is 5.95 Å². The van der Waals surface area contributed by atoms with Gasteiger partial charge >= 0.3 is 0 Å². The summed E-state index contributed by atoms with van der Waals surface area (Å²) in [5, 5.41) is 17.7. The van der Waals surface area contributed by atoms with Gasteiger partial charge in [0.25, 0.3) is 0 Å². The van der Waals surface area contributed by atoms with Crippen LogP contribution in [0.3, 0.4) is 0 Å². The third-order valence-corrected chi connectivity index (χ3v) is 4.16. The molecule has 2 aromatic heterocycles. The van der Waals surface area contributed by atoms with E-state index in [9.17, 15) is 0 Å². The summed E-state index contributed by atoms with van der Waals surface area (Å²) in [6, 6.07) is 2.43. The average Bonchev–Trinajstić information content (AvgIpc) is 3.18. The Kier molecular flexibility index (Phi) is 2.51. The lowest BCUT2D eigenvalue weighted by atomic mass is 9.92. The Balaban J connectivity index is 1.62. The number of fused-ring (bicyclic) bond motifs is 1. The molecule has 7 heteroatoms. The normalized spacial score (nSPS) is 26.6. The molecule has 2 saturated heterocycles. The fourth-order valence-corrected chi connectivity index (χ4v) is 3.21. The van der Waals surface area contributed by atoms with Crippen molar-refractivity contribution < 1.29 is 0 Å². The van der Waals surface area contributed by atoms with Crippen LogP contribution in [0.15, 0.2) is 12.3 Å². The number of aromatic nitrogens is 5. The van der Waals surface area contributed by atoms with E-state index in [4.69, 9.17) is 0 Å². The molecule has 0 bridgehead atoms. The number of hydrogen-bond donors (Lipinski definition) is 3. The van der Waals surface area contributed by atoms with Crippen molar-refractivity contribution in [3.8, 4) is 11.5 Å².